The Morgan fingerprint density at radius 1 is 1.48 bits per heavy atom. The molecule has 134 valence electrons. The highest BCUT2D eigenvalue weighted by Gasteiger charge is 2.30. The molecule has 1 amide bonds. The van der Waals surface area contributed by atoms with Crippen molar-refractivity contribution in [2.45, 2.75) is 32.4 Å². The summed E-state index contributed by atoms with van der Waals surface area (Å²) in [5.41, 5.74) is 1.20. The summed E-state index contributed by atoms with van der Waals surface area (Å²) in [5, 5.41) is 6.09. The van der Waals surface area contributed by atoms with Crippen molar-refractivity contribution >= 4 is 17.2 Å². The average molecular weight is 359 g/mol. The number of carbonyl (C=O) groups is 1. The second-order valence-corrected chi connectivity index (χ2v) is 7.42. The van der Waals surface area contributed by atoms with Crippen LogP contribution in [0.2, 0.25) is 0 Å². The maximum absolute atomic E-state index is 11.7. The van der Waals surface area contributed by atoms with Crippen molar-refractivity contribution in [3.63, 3.8) is 0 Å². The number of nitrogens with zero attached hydrogens (tertiary/aromatic N) is 2. The first-order chi connectivity index (χ1) is 12.2. The molecule has 2 atom stereocenters. The van der Waals surface area contributed by atoms with Crippen LogP contribution in [-0.4, -0.2) is 36.0 Å². The van der Waals surface area contributed by atoms with Gasteiger partial charge in [-0.25, -0.2) is 4.98 Å². The Kier molecular flexibility index (Phi) is 6.04. The first-order valence-electron chi connectivity index (χ1n) is 8.68. The Morgan fingerprint density at radius 3 is 3.04 bits per heavy atom. The largest absolute Gasteiger partial charge is 0.496 e. The number of para-hydroxylation sites is 1. The third-order valence-electron chi connectivity index (χ3n) is 4.68. The van der Waals surface area contributed by atoms with E-state index >= 15 is 0 Å². The van der Waals surface area contributed by atoms with Gasteiger partial charge in [0.1, 0.15) is 10.8 Å². The zero-order chi connectivity index (χ0) is 17.6. The van der Waals surface area contributed by atoms with Crippen molar-refractivity contribution in [1.29, 1.82) is 0 Å². The summed E-state index contributed by atoms with van der Waals surface area (Å²) in [6.45, 7) is 4.46. The minimum atomic E-state index is -0.00188. The molecule has 2 aromatic rings. The molecule has 1 aliphatic rings. The molecule has 0 spiro atoms. The Labute approximate surface area is 153 Å². The summed E-state index contributed by atoms with van der Waals surface area (Å²) in [4.78, 5) is 18.6. The molecule has 2 heterocycles. The fraction of sp³-hybridized carbons (Fsp3) is 0.474. The highest BCUT2D eigenvalue weighted by atomic mass is 32.1. The number of methoxy groups -OCH3 is 1. The van der Waals surface area contributed by atoms with Crippen molar-refractivity contribution in [3.8, 4) is 5.75 Å². The molecule has 1 aromatic heterocycles. The number of hydrogen-bond donors (Lipinski definition) is 1. The van der Waals surface area contributed by atoms with E-state index in [1.165, 1.54) is 5.56 Å². The predicted octanol–water partition coefficient (Wildman–Crippen LogP) is 3.24. The molecule has 1 aromatic carbocycles. The van der Waals surface area contributed by atoms with E-state index in [0.29, 0.717) is 5.92 Å². The van der Waals surface area contributed by atoms with Gasteiger partial charge in [0.25, 0.3) is 0 Å². The summed E-state index contributed by atoms with van der Waals surface area (Å²) >= 11 is 1.61. The smallest absolute Gasteiger partial charge is 0.217 e. The molecule has 1 N–H and O–H groups in total. The number of carbonyl (C=O) groups excluding carboxylic acids is 1. The maximum Gasteiger partial charge on any atom is 0.217 e. The van der Waals surface area contributed by atoms with Gasteiger partial charge in [-0.3, -0.25) is 9.69 Å². The summed E-state index contributed by atoms with van der Waals surface area (Å²) < 4.78 is 5.48. The van der Waals surface area contributed by atoms with Crippen LogP contribution in [0.1, 0.15) is 36.4 Å². The fourth-order valence-corrected chi connectivity index (χ4v) is 4.35. The second kappa shape index (κ2) is 8.45. The summed E-state index contributed by atoms with van der Waals surface area (Å²) in [6, 6.07) is 8.17. The van der Waals surface area contributed by atoms with Gasteiger partial charge in [0.2, 0.25) is 5.91 Å². The van der Waals surface area contributed by atoms with E-state index in [4.69, 9.17) is 4.74 Å². The number of aromatic nitrogens is 1. The lowest BCUT2D eigenvalue weighted by molar-refractivity contribution is -0.120. The molecule has 3 rings (SSSR count). The lowest BCUT2D eigenvalue weighted by atomic mass is 9.90. The van der Waals surface area contributed by atoms with Gasteiger partial charge in [-0.2, -0.15) is 0 Å². The van der Waals surface area contributed by atoms with Crippen LogP contribution in [0.3, 0.4) is 0 Å². The number of benzene rings is 1. The van der Waals surface area contributed by atoms with E-state index in [1.807, 2.05) is 23.7 Å². The van der Waals surface area contributed by atoms with E-state index in [2.05, 4.69) is 27.3 Å². The zero-order valence-electron chi connectivity index (χ0n) is 14.8. The summed E-state index contributed by atoms with van der Waals surface area (Å²) in [6.07, 6.45) is 4.04. The van der Waals surface area contributed by atoms with Gasteiger partial charge in [-0.1, -0.05) is 18.2 Å². The van der Waals surface area contributed by atoms with Gasteiger partial charge in [0.15, 0.2) is 0 Å². The number of likely N-dealkylation sites (tertiary alicyclic amines) is 1. The number of nitrogens with one attached hydrogen (secondary N) is 1. The molecule has 0 aliphatic carbocycles. The Bertz CT molecular complexity index is 690. The van der Waals surface area contributed by atoms with Crippen LogP contribution in [0.15, 0.2) is 35.8 Å². The number of ether oxygens (including phenoxy) is 1. The SMILES string of the molecule is COc1ccccc1CN1CCCC(C(NC(C)=O)c2nccs2)C1. The van der Waals surface area contributed by atoms with E-state index in [1.54, 1.807) is 25.4 Å². The van der Waals surface area contributed by atoms with Crippen molar-refractivity contribution in [3.05, 3.63) is 46.4 Å². The number of amides is 1. The van der Waals surface area contributed by atoms with Crippen LogP contribution in [0.25, 0.3) is 0 Å². The van der Waals surface area contributed by atoms with Crippen LogP contribution >= 0.6 is 11.3 Å². The Morgan fingerprint density at radius 2 is 2.32 bits per heavy atom. The van der Waals surface area contributed by atoms with Gasteiger partial charge < -0.3 is 10.1 Å². The maximum atomic E-state index is 11.7. The standard InChI is InChI=1S/C19H25N3O2S/c1-14(23)21-18(19-20-9-11-25-19)16-7-5-10-22(13-16)12-15-6-3-4-8-17(15)24-2/h3-4,6,8-9,11,16,18H,5,7,10,12-13H2,1-2H3,(H,21,23). The topological polar surface area (TPSA) is 54.5 Å². The van der Waals surface area contributed by atoms with E-state index < -0.39 is 0 Å². The van der Waals surface area contributed by atoms with Crippen LogP contribution in [0.4, 0.5) is 0 Å². The summed E-state index contributed by atoms with van der Waals surface area (Å²) in [7, 11) is 1.72. The van der Waals surface area contributed by atoms with Gasteiger partial charge >= 0.3 is 0 Å². The Balaban J connectivity index is 1.72. The first kappa shape index (κ1) is 17.9. The van der Waals surface area contributed by atoms with Crippen LogP contribution in [0, 0.1) is 5.92 Å². The quantitative estimate of drug-likeness (QED) is 0.860. The average Bonchev–Trinajstić information content (AvgIpc) is 3.14. The number of rotatable bonds is 6. The van der Waals surface area contributed by atoms with E-state index in [0.717, 1.165) is 43.2 Å². The van der Waals surface area contributed by atoms with Gasteiger partial charge in [-0.15, -0.1) is 11.3 Å². The summed E-state index contributed by atoms with van der Waals surface area (Å²) in [5.74, 6) is 1.31. The molecule has 0 radical (unpaired) electrons. The van der Waals surface area contributed by atoms with Crippen molar-refractivity contribution in [2.24, 2.45) is 5.92 Å². The molecule has 1 aliphatic heterocycles. The minimum Gasteiger partial charge on any atom is -0.496 e. The number of thiazole rings is 1. The van der Waals surface area contributed by atoms with E-state index in [9.17, 15) is 4.79 Å². The van der Waals surface area contributed by atoms with Crippen molar-refractivity contribution in [1.82, 2.24) is 15.2 Å². The van der Waals surface area contributed by atoms with Crippen LogP contribution < -0.4 is 10.1 Å². The van der Waals surface area contributed by atoms with Crippen LogP contribution in [0.5, 0.6) is 5.75 Å². The highest BCUT2D eigenvalue weighted by molar-refractivity contribution is 7.09. The zero-order valence-corrected chi connectivity index (χ0v) is 15.6. The molecule has 1 saturated heterocycles. The minimum absolute atomic E-state index is 0.00188. The highest BCUT2D eigenvalue weighted by Crippen LogP contribution is 2.32. The normalized spacial score (nSPS) is 19.4. The molecule has 0 bridgehead atoms. The molecule has 1 fully saturated rings. The fourth-order valence-electron chi connectivity index (χ4n) is 3.57. The molecule has 6 heteroatoms. The molecule has 0 saturated carbocycles. The monoisotopic (exact) mass is 359 g/mol. The Hall–Kier alpha value is -1.92. The lowest BCUT2D eigenvalue weighted by Gasteiger charge is -2.36. The molecular weight excluding hydrogens is 334 g/mol. The van der Waals surface area contributed by atoms with Gasteiger partial charge in [0, 0.05) is 37.2 Å². The van der Waals surface area contributed by atoms with Gasteiger partial charge in [0.05, 0.1) is 13.2 Å². The number of piperidine rings is 1. The third kappa shape index (κ3) is 4.58. The van der Waals surface area contributed by atoms with Crippen molar-refractivity contribution < 1.29 is 9.53 Å². The third-order valence-corrected chi connectivity index (χ3v) is 5.53. The number of hydrogen-bond acceptors (Lipinski definition) is 5. The van der Waals surface area contributed by atoms with Crippen LogP contribution in [-0.2, 0) is 11.3 Å². The lowest BCUT2D eigenvalue weighted by Crippen LogP contribution is -2.42. The predicted molar refractivity (Wildman–Crippen MR) is 99.7 cm³/mol. The van der Waals surface area contributed by atoms with Crippen molar-refractivity contribution in [2.75, 3.05) is 20.2 Å². The van der Waals surface area contributed by atoms with E-state index in [-0.39, 0.29) is 11.9 Å². The van der Waals surface area contributed by atoms with Gasteiger partial charge in [-0.05, 0) is 31.4 Å². The molecule has 2 unspecified atom stereocenters. The molecular formula is C19H25N3O2S. The molecule has 5 nitrogen and oxygen atoms in total. The molecule has 25 heavy (non-hydrogen) atoms. The second-order valence-electron chi connectivity index (χ2n) is 6.50. The first-order valence-corrected chi connectivity index (χ1v) is 9.56.